The van der Waals surface area contributed by atoms with E-state index in [0.717, 1.165) is 24.9 Å². The minimum atomic E-state index is -1.01. The van der Waals surface area contributed by atoms with Crippen molar-refractivity contribution >= 4 is 34.5 Å². The highest BCUT2D eigenvalue weighted by Gasteiger charge is 2.41. The third-order valence-corrected chi connectivity index (χ3v) is 5.24. The molecule has 122 valence electrons. The molecule has 1 heterocycles. The molecule has 1 saturated heterocycles. The van der Waals surface area contributed by atoms with Crippen LogP contribution in [0.15, 0.2) is 18.2 Å². The first kappa shape index (κ1) is 16.1. The van der Waals surface area contributed by atoms with Gasteiger partial charge in [-0.3, -0.25) is 14.9 Å². The second kappa shape index (κ2) is 6.37. The Balaban J connectivity index is 1.68. The van der Waals surface area contributed by atoms with Gasteiger partial charge in [0.1, 0.15) is 11.8 Å². The number of aliphatic carboxylic acids is 1. The maximum Gasteiger partial charge on any atom is 0.321 e. The van der Waals surface area contributed by atoms with Crippen molar-refractivity contribution in [3.05, 3.63) is 29.3 Å². The molecule has 4 N–H and O–H groups in total. The molecule has 1 aromatic carbocycles. The van der Waals surface area contributed by atoms with E-state index in [0.29, 0.717) is 17.8 Å². The molecule has 1 aliphatic carbocycles. The number of anilines is 1. The first-order valence-corrected chi connectivity index (χ1v) is 8.25. The molecule has 0 amide bonds. The van der Waals surface area contributed by atoms with Crippen LogP contribution in [-0.2, 0) is 22.4 Å². The largest absolute Gasteiger partial charge is 0.480 e. The fraction of sp³-hybridized carbons (Fsp3) is 0.471. The Morgan fingerprint density at radius 3 is 2.87 bits per heavy atom. The molecule has 0 bridgehead atoms. The average Bonchev–Trinajstić information content (AvgIpc) is 2.89. The predicted molar refractivity (Wildman–Crippen MR) is 91.5 cm³/mol. The standard InChI is InChI=1S/C17H20N2O3S/c18-12-4-3-10-5-9(1-2-11(10)7-12)6-13(20)15-14(23)8-19-16(15)17(21)22/h3-4,7,9,15-16,19H,1-2,5-6,8,18H2,(H,21,22)/t9?,15?,16-/m0/s1. The zero-order chi connectivity index (χ0) is 16.6. The number of hydrogen-bond acceptors (Lipinski definition) is 5. The van der Waals surface area contributed by atoms with Gasteiger partial charge in [-0.1, -0.05) is 18.3 Å². The number of hydrogen-bond donors (Lipinski definition) is 3. The summed E-state index contributed by atoms with van der Waals surface area (Å²) in [5, 5.41) is 12.0. The molecule has 0 saturated carbocycles. The third kappa shape index (κ3) is 3.28. The molecule has 3 rings (SSSR count). The highest BCUT2D eigenvalue weighted by atomic mass is 32.1. The Labute approximate surface area is 140 Å². The van der Waals surface area contributed by atoms with Crippen LogP contribution in [0.2, 0.25) is 0 Å². The van der Waals surface area contributed by atoms with Gasteiger partial charge in [0, 0.05) is 23.5 Å². The molecule has 0 radical (unpaired) electrons. The molecule has 1 aromatic rings. The number of carboxylic acids is 1. The number of nitrogen functional groups attached to an aromatic ring is 1. The van der Waals surface area contributed by atoms with Crippen molar-refractivity contribution < 1.29 is 14.7 Å². The van der Waals surface area contributed by atoms with Crippen LogP contribution in [0.1, 0.15) is 24.0 Å². The number of fused-ring (bicyclic) bond motifs is 1. The van der Waals surface area contributed by atoms with Gasteiger partial charge < -0.3 is 10.8 Å². The third-order valence-electron chi connectivity index (χ3n) is 4.84. The Kier molecular flexibility index (Phi) is 4.46. The van der Waals surface area contributed by atoms with Crippen molar-refractivity contribution in [2.24, 2.45) is 11.8 Å². The topological polar surface area (TPSA) is 92.4 Å². The minimum absolute atomic E-state index is 0.0451. The van der Waals surface area contributed by atoms with E-state index < -0.39 is 17.9 Å². The molecule has 1 aliphatic heterocycles. The Hall–Kier alpha value is -1.79. The SMILES string of the molecule is Nc1ccc2c(c1)CCC(CC(=O)C1C(=S)CN[C@@H]1C(=O)O)C2. The van der Waals surface area contributed by atoms with Crippen LogP contribution in [0, 0.1) is 11.8 Å². The van der Waals surface area contributed by atoms with Crippen LogP contribution >= 0.6 is 12.2 Å². The van der Waals surface area contributed by atoms with Crippen LogP contribution in [0.5, 0.6) is 0 Å². The number of thiocarbonyl (C=S) groups is 1. The number of ketones is 1. The van der Waals surface area contributed by atoms with Gasteiger partial charge in [-0.05, 0) is 48.4 Å². The molecule has 2 unspecified atom stereocenters. The van der Waals surface area contributed by atoms with Crippen LogP contribution in [0.3, 0.4) is 0 Å². The molecule has 0 aromatic heterocycles. The van der Waals surface area contributed by atoms with Crippen molar-refractivity contribution in [1.29, 1.82) is 0 Å². The molecule has 0 spiro atoms. The van der Waals surface area contributed by atoms with E-state index in [1.807, 2.05) is 18.2 Å². The van der Waals surface area contributed by atoms with Gasteiger partial charge in [-0.2, -0.15) is 0 Å². The lowest BCUT2D eigenvalue weighted by atomic mass is 9.79. The zero-order valence-electron chi connectivity index (χ0n) is 12.7. The molecule has 6 heteroatoms. The quantitative estimate of drug-likeness (QED) is 0.570. The Morgan fingerprint density at radius 1 is 1.35 bits per heavy atom. The Bertz CT molecular complexity index is 674. The van der Waals surface area contributed by atoms with Gasteiger partial charge in [0.05, 0.1) is 5.92 Å². The van der Waals surface area contributed by atoms with Gasteiger partial charge in [0.2, 0.25) is 0 Å². The van der Waals surface area contributed by atoms with E-state index in [4.69, 9.17) is 18.0 Å². The summed E-state index contributed by atoms with van der Waals surface area (Å²) in [6, 6.07) is 5.05. The number of aryl methyl sites for hydroxylation is 1. The monoisotopic (exact) mass is 332 g/mol. The van der Waals surface area contributed by atoms with Gasteiger partial charge in [0.25, 0.3) is 0 Å². The number of carboxylic acid groups (broad SMARTS) is 1. The number of carbonyl (C=O) groups excluding carboxylic acids is 1. The van der Waals surface area contributed by atoms with E-state index in [-0.39, 0.29) is 11.7 Å². The number of benzene rings is 1. The normalized spacial score (nSPS) is 26.8. The van der Waals surface area contributed by atoms with Crippen molar-refractivity contribution in [3.8, 4) is 0 Å². The highest BCUT2D eigenvalue weighted by molar-refractivity contribution is 7.80. The summed E-state index contributed by atoms with van der Waals surface area (Å²) in [6.45, 7) is 0.329. The lowest BCUT2D eigenvalue weighted by molar-refractivity contribution is -0.142. The van der Waals surface area contributed by atoms with Crippen LogP contribution in [0.4, 0.5) is 5.69 Å². The van der Waals surface area contributed by atoms with Crippen molar-refractivity contribution in [3.63, 3.8) is 0 Å². The number of rotatable bonds is 4. The number of carbonyl (C=O) groups is 2. The second-order valence-corrected chi connectivity index (χ2v) is 6.97. The first-order valence-electron chi connectivity index (χ1n) is 7.84. The molecule has 23 heavy (non-hydrogen) atoms. The van der Waals surface area contributed by atoms with Gasteiger partial charge in [-0.15, -0.1) is 0 Å². The summed E-state index contributed by atoms with van der Waals surface area (Å²) >= 11 is 5.20. The van der Waals surface area contributed by atoms with Gasteiger partial charge in [0.15, 0.2) is 0 Å². The molecule has 5 nitrogen and oxygen atoms in total. The maximum atomic E-state index is 12.6. The minimum Gasteiger partial charge on any atom is -0.480 e. The van der Waals surface area contributed by atoms with Crippen molar-refractivity contribution in [2.45, 2.75) is 31.7 Å². The van der Waals surface area contributed by atoms with Crippen LogP contribution in [0.25, 0.3) is 0 Å². The number of nitrogens with one attached hydrogen (secondary N) is 1. The second-order valence-electron chi connectivity index (χ2n) is 6.45. The van der Waals surface area contributed by atoms with Crippen LogP contribution < -0.4 is 11.1 Å². The predicted octanol–water partition coefficient (Wildman–Crippen LogP) is 1.38. The fourth-order valence-corrected chi connectivity index (χ4v) is 4.01. The highest BCUT2D eigenvalue weighted by Crippen LogP contribution is 2.30. The van der Waals surface area contributed by atoms with E-state index in [1.165, 1.54) is 11.1 Å². The van der Waals surface area contributed by atoms with Crippen LogP contribution in [-0.4, -0.2) is 34.3 Å². The molecule has 2 aliphatic rings. The summed E-state index contributed by atoms with van der Waals surface area (Å²) in [4.78, 5) is 24.4. The zero-order valence-corrected chi connectivity index (χ0v) is 13.6. The molecular weight excluding hydrogens is 312 g/mol. The Morgan fingerprint density at radius 2 is 2.13 bits per heavy atom. The van der Waals surface area contributed by atoms with Gasteiger partial charge in [-0.25, -0.2) is 0 Å². The van der Waals surface area contributed by atoms with Gasteiger partial charge >= 0.3 is 5.97 Å². The summed E-state index contributed by atoms with van der Waals surface area (Å²) in [6.07, 6.45) is 3.06. The fourth-order valence-electron chi connectivity index (χ4n) is 3.66. The van der Waals surface area contributed by atoms with Crippen molar-refractivity contribution in [1.82, 2.24) is 5.32 Å². The van der Waals surface area contributed by atoms with E-state index >= 15 is 0 Å². The van der Waals surface area contributed by atoms with E-state index in [2.05, 4.69) is 5.32 Å². The van der Waals surface area contributed by atoms with Crippen molar-refractivity contribution in [2.75, 3.05) is 12.3 Å². The lowest BCUT2D eigenvalue weighted by Crippen LogP contribution is -2.40. The molecular formula is C17H20N2O3S. The summed E-state index contributed by atoms with van der Waals surface area (Å²) in [5.74, 6) is -1.48. The van der Waals surface area contributed by atoms with E-state index in [1.54, 1.807) is 0 Å². The molecule has 3 atom stereocenters. The lowest BCUT2D eigenvalue weighted by Gasteiger charge is -2.26. The summed E-state index contributed by atoms with van der Waals surface area (Å²) in [7, 11) is 0. The summed E-state index contributed by atoms with van der Waals surface area (Å²) < 4.78 is 0. The first-order chi connectivity index (χ1) is 11.0. The summed E-state index contributed by atoms with van der Waals surface area (Å²) in [5.41, 5.74) is 9.08. The average molecular weight is 332 g/mol. The maximum absolute atomic E-state index is 12.6. The smallest absolute Gasteiger partial charge is 0.321 e. The number of Topliss-reactive ketones (excluding diaryl/α,β-unsaturated/α-hetero) is 1. The molecule has 1 fully saturated rings. The van der Waals surface area contributed by atoms with E-state index in [9.17, 15) is 14.7 Å². The number of nitrogens with two attached hydrogens (primary N) is 1.